The lowest BCUT2D eigenvalue weighted by molar-refractivity contribution is -0.134. The molecule has 632 valence electrons. The molecule has 4 unspecified atom stereocenters. The highest BCUT2D eigenvalue weighted by Crippen LogP contribution is 2.53. The van der Waals surface area contributed by atoms with E-state index >= 15 is 4.79 Å². The van der Waals surface area contributed by atoms with Crippen LogP contribution in [0.2, 0.25) is 0 Å². The van der Waals surface area contributed by atoms with E-state index in [1.807, 2.05) is 48.4 Å². The van der Waals surface area contributed by atoms with E-state index in [1.165, 1.54) is 62.8 Å². The standard InChI is InChI=1S/C77H132N17O12S6/c1-107-57-108-74-83-41-62(42-84-74)50-102-38-35-100-32-29-97-26-23-93-49-67(90-91-93)54-106-56-77(89-66-16-10-14-61(15-11-17-66)40-60-12-8-6-7-9-13-60,55-105-53-65(78)48-92(80)22-25-96-28-31-99-34-37-103-51-63-43-85-75(86-44-63)109-58-111(2)3)73(95)82-47-70-68-18-20-71(79)72(21-19-69(68)70)94(81)24-27-98-30-33-101-36-39-104-52-64-45-87-76(88-46-64)110-59-112(4)5/h41-46,48-49,60-61,66,68-70,89-91H,6-40,47,50-59,78-81H2,1-5H3/q+1/p+1/b65-48-,72-71-. The second-order valence-corrected chi connectivity index (χ2v) is 39.0. The molecule has 3 aromatic rings. The van der Waals surface area contributed by atoms with Crippen molar-refractivity contribution >= 4 is 74.7 Å². The summed E-state index contributed by atoms with van der Waals surface area (Å²) in [5.74, 6) is 15.7. The number of hydrogen-bond donors (Lipinski definition) is 8. The van der Waals surface area contributed by atoms with Crippen LogP contribution in [0.3, 0.4) is 0 Å². The number of aromatic nitrogens is 6. The molecule has 4 heterocycles. The third kappa shape index (κ3) is 38.3. The molecule has 8 rings (SSSR count). The smallest absolute Gasteiger partial charge is 0.245 e. The predicted octanol–water partition coefficient (Wildman–Crippen LogP) is 7.48. The highest BCUT2D eigenvalue weighted by molar-refractivity contribution is 8.15. The minimum absolute atomic E-state index is 0.0104. The molecular formula is C77H133N17O12S6+2. The summed E-state index contributed by atoms with van der Waals surface area (Å²) in [6.45, 7) is 9.92. The van der Waals surface area contributed by atoms with E-state index in [9.17, 15) is 0 Å². The van der Waals surface area contributed by atoms with Gasteiger partial charge in [-0.3, -0.25) is 15.1 Å². The maximum absolute atomic E-state index is 15.6. The summed E-state index contributed by atoms with van der Waals surface area (Å²) in [7, 11) is 0.652. The third-order valence-electron chi connectivity index (χ3n) is 20.0. The van der Waals surface area contributed by atoms with Crippen molar-refractivity contribution in [2.75, 3.05) is 198 Å². The van der Waals surface area contributed by atoms with E-state index in [0.717, 1.165) is 128 Å². The normalized spacial score (nSPS) is 20.5. The SMILES string of the molecule is CSCSc1ncc(COCCOCCOCCN2C=C(COCC(COC/C(N)=C/N(N)CCOCCOCCOCc3cnc(SC[S+](C)C)nc3)(NC3CCCC(CC4CCCCCC4)CCC3)C(=O)NCC3C4CC/C(N)=C(/N(N)CCOCCOCCOCc5cnc(SC[S+](C)C)nc5)CCC43)NN2)cn1. The number of hydrogen-bond acceptors (Lipinski definition) is 32. The van der Waals surface area contributed by atoms with Crippen LogP contribution in [-0.2, 0) is 98.5 Å². The topological polar surface area (TPSA) is 358 Å². The number of hydrazine groups is 4. The first-order chi connectivity index (χ1) is 54.7. The van der Waals surface area contributed by atoms with Gasteiger partial charge in [0.1, 0.15) is 5.54 Å². The number of ether oxygens (including phenoxy) is 11. The molecule has 0 bridgehead atoms. The van der Waals surface area contributed by atoms with E-state index in [0.29, 0.717) is 184 Å². The van der Waals surface area contributed by atoms with Crippen LogP contribution in [0.25, 0.3) is 0 Å². The molecule has 0 saturated heterocycles. The quantitative estimate of drug-likeness (QED) is 0.00397. The van der Waals surface area contributed by atoms with Gasteiger partial charge in [0.25, 0.3) is 0 Å². The molecule has 4 atom stereocenters. The molecule has 4 aliphatic carbocycles. The lowest BCUT2D eigenvalue weighted by Crippen LogP contribution is -2.65. The monoisotopic (exact) mass is 1680 g/mol. The maximum Gasteiger partial charge on any atom is 0.245 e. The predicted molar refractivity (Wildman–Crippen MR) is 451 cm³/mol. The largest absolute Gasteiger partial charge is 0.401 e. The highest BCUT2D eigenvalue weighted by atomic mass is 32.2. The Morgan fingerprint density at radius 3 is 1.58 bits per heavy atom. The number of carbonyl (C=O) groups excluding carboxylic acids is 1. The zero-order valence-corrected chi connectivity index (χ0v) is 72.2. The third-order valence-corrected chi connectivity index (χ3v) is 27.5. The molecule has 112 heavy (non-hydrogen) atoms. The van der Waals surface area contributed by atoms with Gasteiger partial charge < -0.3 is 84.3 Å². The summed E-state index contributed by atoms with van der Waals surface area (Å²) in [4.78, 5) is 42.2. The molecule has 3 saturated carbocycles. The molecule has 3 aromatic heterocycles. The van der Waals surface area contributed by atoms with E-state index < -0.39 is 5.54 Å². The van der Waals surface area contributed by atoms with Gasteiger partial charge in [-0.05, 0) is 126 Å². The van der Waals surface area contributed by atoms with Crippen molar-refractivity contribution in [3.05, 3.63) is 89.1 Å². The van der Waals surface area contributed by atoms with Crippen molar-refractivity contribution in [1.29, 1.82) is 0 Å². The van der Waals surface area contributed by atoms with Crippen LogP contribution in [-0.4, -0.2) is 261 Å². The Labute approximate surface area is 689 Å². The van der Waals surface area contributed by atoms with Gasteiger partial charge in [0.05, 0.1) is 201 Å². The Hall–Kier alpha value is -3.77. The van der Waals surface area contributed by atoms with Crippen molar-refractivity contribution in [3.8, 4) is 0 Å². The van der Waals surface area contributed by atoms with Crippen LogP contribution < -0.4 is 44.7 Å². The van der Waals surface area contributed by atoms with Crippen LogP contribution >= 0.6 is 47.0 Å². The van der Waals surface area contributed by atoms with Crippen LogP contribution in [0.5, 0.6) is 0 Å². The average Bonchev–Trinajstić information content (AvgIpc) is 1.61. The Morgan fingerprint density at radius 2 is 1.05 bits per heavy atom. The number of carbonyl (C=O) groups is 1. The number of thioether (sulfide) groups is 4. The van der Waals surface area contributed by atoms with Gasteiger partial charge in [-0.2, -0.15) is 11.8 Å². The maximum atomic E-state index is 15.6. The molecule has 35 heteroatoms. The van der Waals surface area contributed by atoms with Gasteiger partial charge in [0.15, 0.2) is 25.6 Å². The first-order valence-electron chi connectivity index (χ1n) is 40.0. The fourth-order valence-electron chi connectivity index (χ4n) is 14.1. The Kier molecular flexibility index (Phi) is 46.7. The second-order valence-electron chi connectivity index (χ2n) is 29.7. The molecule has 29 nitrogen and oxygen atoms in total. The first-order valence-corrected chi connectivity index (χ1v) is 48.7. The fraction of sp³-hybridized carbons (Fsp3) is 0.753. The van der Waals surface area contributed by atoms with Gasteiger partial charge in [0, 0.05) is 95.3 Å². The Morgan fingerprint density at radius 1 is 0.580 bits per heavy atom. The summed E-state index contributed by atoms with van der Waals surface area (Å²) < 4.78 is 65.7. The lowest BCUT2D eigenvalue weighted by atomic mass is 9.81. The van der Waals surface area contributed by atoms with Gasteiger partial charge in [-0.25, -0.2) is 41.6 Å². The van der Waals surface area contributed by atoms with Crippen molar-refractivity contribution in [1.82, 2.24) is 66.5 Å². The molecule has 0 spiro atoms. The van der Waals surface area contributed by atoms with Gasteiger partial charge in [-0.1, -0.05) is 76.0 Å². The zero-order chi connectivity index (χ0) is 79.1. The van der Waals surface area contributed by atoms with E-state index in [-0.39, 0.29) is 44.3 Å². The Bertz CT molecular complexity index is 3100. The summed E-state index contributed by atoms with van der Waals surface area (Å²) in [6, 6.07) is 0.0457. The van der Waals surface area contributed by atoms with Crippen LogP contribution in [0.1, 0.15) is 126 Å². The number of rotatable bonds is 59. The minimum Gasteiger partial charge on any atom is -0.401 e. The number of nitrogens with two attached hydrogens (primary N) is 4. The highest BCUT2D eigenvalue weighted by Gasteiger charge is 2.51. The summed E-state index contributed by atoms with van der Waals surface area (Å²) >= 11 is 6.71. The second kappa shape index (κ2) is 55.8. The number of amides is 1. The molecule has 1 aliphatic heterocycles. The van der Waals surface area contributed by atoms with Crippen molar-refractivity contribution in [2.45, 2.75) is 156 Å². The molecule has 3 fully saturated rings. The molecular weight excluding hydrogens is 1550 g/mol. The van der Waals surface area contributed by atoms with E-state index in [1.54, 1.807) is 58.3 Å². The average molecular weight is 1680 g/mol. The van der Waals surface area contributed by atoms with Gasteiger partial charge >= 0.3 is 0 Å². The zero-order valence-electron chi connectivity index (χ0n) is 67.3. The van der Waals surface area contributed by atoms with E-state index in [2.05, 4.69) is 82.8 Å². The molecule has 0 aromatic carbocycles. The van der Waals surface area contributed by atoms with Crippen molar-refractivity contribution in [2.24, 2.45) is 52.7 Å². The van der Waals surface area contributed by atoms with Crippen LogP contribution in [0.15, 0.2) is 87.8 Å². The number of nitrogens with one attached hydrogen (secondary N) is 4. The van der Waals surface area contributed by atoms with Crippen LogP contribution in [0.4, 0.5) is 0 Å². The first kappa shape index (κ1) is 93.7. The summed E-state index contributed by atoms with van der Waals surface area (Å²) in [5, 5.41) is 17.9. The summed E-state index contributed by atoms with van der Waals surface area (Å²) in [5.41, 5.74) is 24.4. The number of fused-ring (bicyclic) bond motifs is 1. The van der Waals surface area contributed by atoms with Crippen molar-refractivity contribution < 1.29 is 56.9 Å². The summed E-state index contributed by atoms with van der Waals surface area (Å²) in [6.07, 6.45) is 44.6. The van der Waals surface area contributed by atoms with Gasteiger partial charge in [0.2, 0.25) is 5.91 Å². The molecule has 12 N–H and O–H groups in total. The minimum atomic E-state index is -1.30. The molecule has 1 amide bonds. The van der Waals surface area contributed by atoms with E-state index in [4.69, 9.17) is 75.3 Å². The Balaban J connectivity index is 0.817. The lowest BCUT2D eigenvalue weighted by Gasteiger charge is -2.38. The van der Waals surface area contributed by atoms with Crippen molar-refractivity contribution in [3.63, 3.8) is 0 Å². The van der Waals surface area contributed by atoms with Crippen LogP contribution in [0, 0.1) is 29.6 Å². The fourth-order valence-corrected chi connectivity index (χ4v) is 18.5. The molecule has 5 aliphatic rings. The number of nitrogens with zero attached hydrogens (tertiary/aromatic N) is 9. The molecule has 0 radical (unpaired) electrons. The number of allylic oxidation sites excluding steroid dienone is 2. The van der Waals surface area contributed by atoms with Gasteiger partial charge in [-0.15, -0.1) is 5.53 Å².